The van der Waals surface area contributed by atoms with Crippen LogP contribution in [0.1, 0.15) is 37.8 Å². The van der Waals surface area contributed by atoms with E-state index in [0.29, 0.717) is 0 Å². The molecule has 1 aliphatic rings. The van der Waals surface area contributed by atoms with Gasteiger partial charge in [0, 0.05) is 11.6 Å². The molecular formula is C16H26N2O2. The molecular weight excluding hydrogens is 252 g/mol. The highest BCUT2D eigenvalue weighted by molar-refractivity contribution is 5.48. The maximum Gasteiger partial charge on any atom is 0.165 e. The smallest absolute Gasteiger partial charge is 0.165 e. The standard InChI is InChI=1S/C16H26N2O2/c1-4-18-11-6-5-9-13(17)15(18)12-8-7-10-14(19-2)16(12)20-3/h7-8,10,13,15H,4-6,9,11,17H2,1-3H3. The fourth-order valence-corrected chi connectivity index (χ4v) is 3.19. The van der Waals surface area contributed by atoms with E-state index in [1.165, 1.54) is 12.8 Å². The lowest BCUT2D eigenvalue weighted by atomic mass is 9.95. The Hall–Kier alpha value is -1.26. The minimum atomic E-state index is 0.137. The van der Waals surface area contributed by atoms with Crippen LogP contribution in [0.4, 0.5) is 0 Å². The van der Waals surface area contributed by atoms with Crippen LogP contribution in [0.15, 0.2) is 18.2 Å². The van der Waals surface area contributed by atoms with Gasteiger partial charge in [-0.15, -0.1) is 0 Å². The summed E-state index contributed by atoms with van der Waals surface area (Å²) in [5.41, 5.74) is 7.60. The number of ether oxygens (including phenoxy) is 2. The van der Waals surface area contributed by atoms with Crippen molar-refractivity contribution in [3.63, 3.8) is 0 Å². The van der Waals surface area contributed by atoms with Gasteiger partial charge in [0.25, 0.3) is 0 Å². The van der Waals surface area contributed by atoms with Crippen molar-refractivity contribution in [3.05, 3.63) is 23.8 Å². The van der Waals surface area contributed by atoms with Crippen LogP contribution in [0.3, 0.4) is 0 Å². The van der Waals surface area contributed by atoms with Crippen LogP contribution in [-0.4, -0.2) is 38.3 Å². The number of hydrogen-bond acceptors (Lipinski definition) is 4. The van der Waals surface area contributed by atoms with Gasteiger partial charge in [0.15, 0.2) is 11.5 Å². The van der Waals surface area contributed by atoms with Gasteiger partial charge in [0.05, 0.1) is 20.3 Å². The monoisotopic (exact) mass is 278 g/mol. The van der Waals surface area contributed by atoms with Crippen molar-refractivity contribution in [2.24, 2.45) is 5.73 Å². The predicted molar refractivity (Wildman–Crippen MR) is 81.4 cm³/mol. The van der Waals surface area contributed by atoms with Gasteiger partial charge in [-0.05, 0) is 32.0 Å². The molecule has 1 heterocycles. The summed E-state index contributed by atoms with van der Waals surface area (Å²) < 4.78 is 11.0. The molecule has 4 heteroatoms. The number of rotatable bonds is 4. The van der Waals surface area contributed by atoms with Gasteiger partial charge in [-0.25, -0.2) is 0 Å². The normalized spacial score (nSPS) is 24.2. The van der Waals surface area contributed by atoms with Crippen molar-refractivity contribution in [1.82, 2.24) is 4.90 Å². The number of hydrogen-bond donors (Lipinski definition) is 1. The molecule has 2 unspecified atom stereocenters. The van der Waals surface area contributed by atoms with E-state index in [1.807, 2.05) is 12.1 Å². The molecule has 0 radical (unpaired) electrons. The summed E-state index contributed by atoms with van der Waals surface area (Å²) in [4.78, 5) is 2.45. The van der Waals surface area contributed by atoms with E-state index < -0.39 is 0 Å². The first-order valence-electron chi connectivity index (χ1n) is 7.43. The van der Waals surface area contributed by atoms with Crippen LogP contribution in [-0.2, 0) is 0 Å². The van der Waals surface area contributed by atoms with Gasteiger partial charge < -0.3 is 15.2 Å². The highest BCUT2D eigenvalue weighted by atomic mass is 16.5. The predicted octanol–water partition coefficient (Wildman–Crippen LogP) is 2.58. The minimum absolute atomic E-state index is 0.137. The Morgan fingerprint density at radius 1 is 1.25 bits per heavy atom. The molecule has 2 atom stereocenters. The number of para-hydroxylation sites is 1. The average Bonchev–Trinajstić information content (AvgIpc) is 2.67. The quantitative estimate of drug-likeness (QED) is 0.919. The van der Waals surface area contributed by atoms with Gasteiger partial charge in [0.1, 0.15) is 0 Å². The molecule has 0 saturated carbocycles. The van der Waals surface area contributed by atoms with Crippen LogP contribution in [0.25, 0.3) is 0 Å². The van der Waals surface area contributed by atoms with Gasteiger partial charge >= 0.3 is 0 Å². The summed E-state index contributed by atoms with van der Waals surface area (Å²) in [5.74, 6) is 1.59. The van der Waals surface area contributed by atoms with E-state index in [9.17, 15) is 0 Å². The topological polar surface area (TPSA) is 47.7 Å². The number of nitrogens with two attached hydrogens (primary N) is 1. The van der Waals surface area contributed by atoms with Gasteiger partial charge in [-0.3, -0.25) is 4.90 Å². The molecule has 112 valence electrons. The van der Waals surface area contributed by atoms with E-state index >= 15 is 0 Å². The Balaban J connectivity index is 2.45. The summed E-state index contributed by atoms with van der Waals surface area (Å²) in [7, 11) is 3.37. The second-order valence-electron chi connectivity index (χ2n) is 5.32. The second-order valence-corrected chi connectivity index (χ2v) is 5.32. The van der Waals surface area contributed by atoms with Gasteiger partial charge in [-0.1, -0.05) is 25.5 Å². The zero-order valence-electron chi connectivity index (χ0n) is 12.8. The van der Waals surface area contributed by atoms with E-state index in [0.717, 1.165) is 36.6 Å². The van der Waals surface area contributed by atoms with Crippen molar-refractivity contribution >= 4 is 0 Å². The van der Waals surface area contributed by atoms with Crippen molar-refractivity contribution in [3.8, 4) is 11.5 Å². The molecule has 0 aliphatic carbocycles. The first kappa shape index (κ1) is 15.1. The van der Waals surface area contributed by atoms with Crippen LogP contribution < -0.4 is 15.2 Å². The van der Waals surface area contributed by atoms with E-state index in [1.54, 1.807) is 14.2 Å². The minimum Gasteiger partial charge on any atom is -0.493 e. The van der Waals surface area contributed by atoms with Crippen LogP contribution in [0.5, 0.6) is 11.5 Å². The average molecular weight is 278 g/mol. The number of methoxy groups -OCH3 is 2. The molecule has 1 fully saturated rings. The molecule has 2 N–H and O–H groups in total. The SMILES string of the molecule is CCN1CCCCC(N)C1c1cccc(OC)c1OC. The van der Waals surface area contributed by atoms with Crippen molar-refractivity contribution < 1.29 is 9.47 Å². The molecule has 0 aromatic heterocycles. The number of benzene rings is 1. The number of likely N-dealkylation sites (tertiary alicyclic amines) is 1. The van der Waals surface area contributed by atoms with Crippen molar-refractivity contribution in [2.45, 2.75) is 38.3 Å². The lowest BCUT2D eigenvalue weighted by Crippen LogP contribution is -2.39. The summed E-state index contributed by atoms with van der Waals surface area (Å²) >= 11 is 0. The molecule has 0 amide bonds. The summed E-state index contributed by atoms with van der Waals surface area (Å²) in [6, 6.07) is 6.40. The Morgan fingerprint density at radius 2 is 2.05 bits per heavy atom. The fourth-order valence-electron chi connectivity index (χ4n) is 3.19. The molecule has 1 aromatic carbocycles. The van der Waals surface area contributed by atoms with Crippen LogP contribution in [0.2, 0.25) is 0 Å². The zero-order chi connectivity index (χ0) is 14.5. The Labute approximate surface area is 121 Å². The number of likely N-dealkylation sites (N-methyl/N-ethyl adjacent to an activating group) is 1. The van der Waals surface area contributed by atoms with Gasteiger partial charge in [0.2, 0.25) is 0 Å². The summed E-state index contributed by atoms with van der Waals surface area (Å²) in [6.07, 6.45) is 3.46. The van der Waals surface area contributed by atoms with E-state index in [4.69, 9.17) is 15.2 Å². The molecule has 1 saturated heterocycles. The second kappa shape index (κ2) is 6.95. The first-order chi connectivity index (χ1) is 9.72. The molecule has 2 rings (SSSR count). The molecule has 1 aliphatic heterocycles. The van der Waals surface area contributed by atoms with E-state index in [2.05, 4.69) is 17.9 Å². The van der Waals surface area contributed by atoms with Gasteiger partial charge in [-0.2, -0.15) is 0 Å². The largest absolute Gasteiger partial charge is 0.493 e. The van der Waals surface area contributed by atoms with Crippen LogP contribution >= 0.6 is 0 Å². The Morgan fingerprint density at radius 3 is 2.70 bits per heavy atom. The molecule has 1 aromatic rings. The summed E-state index contributed by atoms with van der Waals surface area (Å²) in [5, 5.41) is 0. The molecule has 20 heavy (non-hydrogen) atoms. The maximum absolute atomic E-state index is 6.45. The summed E-state index contributed by atoms with van der Waals surface area (Å²) in [6.45, 7) is 4.28. The fraction of sp³-hybridized carbons (Fsp3) is 0.625. The third kappa shape index (κ3) is 2.91. The van der Waals surface area contributed by atoms with Crippen molar-refractivity contribution in [2.75, 3.05) is 27.3 Å². The maximum atomic E-state index is 6.45. The van der Waals surface area contributed by atoms with E-state index in [-0.39, 0.29) is 12.1 Å². The zero-order valence-corrected chi connectivity index (χ0v) is 12.8. The molecule has 0 spiro atoms. The Kier molecular flexibility index (Phi) is 5.26. The number of nitrogens with zero attached hydrogens (tertiary/aromatic N) is 1. The molecule has 4 nitrogen and oxygen atoms in total. The van der Waals surface area contributed by atoms with Crippen LogP contribution in [0, 0.1) is 0 Å². The first-order valence-corrected chi connectivity index (χ1v) is 7.43. The molecule has 0 bridgehead atoms. The highest BCUT2D eigenvalue weighted by Gasteiger charge is 2.30. The third-order valence-corrected chi connectivity index (χ3v) is 4.19. The van der Waals surface area contributed by atoms with Crippen molar-refractivity contribution in [1.29, 1.82) is 0 Å². The lowest BCUT2D eigenvalue weighted by molar-refractivity contribution is 0.190. The highest BCUT2D eigenvalue weighted by Crippen LogP contribution is 2.39. The Bertz CT molecular complexity index is 436. The third-order valence-electron chi connectivity index (χ3n) is 4.19. The lowest BCUT2D eigenvalue weighted by Gasteiger charge is -2.34.